The molecule has 2 aromatic carbocycles. The fourth-order valence-electron chi connectivity index (χ4n) is 3.09. The van der Waals surface area contributed by atoms with Gasteiger partial charge in [-0.05, 0) is 43.1 Å². The van der Waals surface area contributed by atoms with Gasteiger partial charge in [0.15, 0.2) is 5.75 Å². The van der Waals surface area contributed by atoms with Crippen LogP contribution >= 0.6 is 0 Å². The van der Waals surface area contributed by atoms with Crippen molar-refractivity contribution in [1.82, 2.24) is 10.6 Å². The van der Waals surface area contributed by atoms with Crippen LogP contribution in [0.2, 0.25) is 0 Å². The van der Waals surface area contributed by atoms with E-state index in [9.17, 15) is 0 Å². The molecule has 3 heteroatoms. The lowest BCUT2D eigenvalue weighted by Gasteiger charge is -2.34. The number of piperidine rings is 1. The second-order valence-electron chi connectivity index (χ2n) is 5.63. The van der Waals surface area contributed by atoms with Crippen LogP contribution in [0.3, 0.4) is 0 Å². The molecule has 2 N–H and O–H groups in total. The van der Waals surface area contributed by atoms with Crippen molar-refractivity contribution in [2.24, 2.45) is 0 Å². The molecule has 114 valence electrons. The van der Waals surface area contributed by atoms with Crippen molar-refractivity contribution < 1.29 is 4.74 Å². The van der Waals surface area contributed by atoms with Gasteiger partial charge in [0.2, 0.25) is 0 Å². The van der Waals surface area contributed by atoms with Gasteiger partial charge in [-0.15, -0.1) is 0 Å². The third-order valence-corrected chi connectivity index (χ3v) is 4.22. The van der Waals surface area contributed by atoms with Crippen LogP contribution in [0.5, 0.6) is 5.75 Å². The smallest absolute Gasteiger partial charge is 0.174 e. The van der Waals surface area contributed by atoms with Gasteiger partial charge in [0.05, 0.1) is 7.11 Å². The predicted molar refractivity (Wildman–Crippen MR) is 87.7 cm³/mol. The average molecular weight is 294 g/mol. The first-order valence-corrected chi connectivity index (χ1v) is 7.85. The lowest BCUT2D eigenvalue weighted by molar-refractivity contribution is 0.303. The highest BCUT2D eigenvalue weighted by Crippen LogP contribution is 2.24. The maximum atomic E-state index is 5.35. The maximum absolute atomic E-state index is 5.35. The fraction of sp³-hybridized carbons (Fsp3) is 0.368. The molecule has 0 aliphatic carbocycles. The van der Waals surface area contributed by atoms with E-state index >= 15 is 0 Å². The molecule has 0 bridgehead atoms. The van der Waals surface area contributed by atoms with E-state index in [1.54, 1.807) is 7.11 Å². The van der Waals surface area contributed by atoms with Crippen molar-refractivity contribution in [2.75, 3.05) is 13.7 Å². The first kappa shape index (κ1) is 14.9. The minimum atomic E-state index is 0.361. The molecule has 0 spiro atoms. The van der Waals surface area contributed by atoms with Gasteiger partial charge in [0.1, 0.15) is 0 Å². The van der Waals surface area contributed by atoms with Crippen molar-refractivity contribution in [2.45, 2.75) is 31.5 Å². The summed E-state index contributed by atoms with van der Waals surface area (Å²) in [7, 11) is 1.68. The number of hydrogen-bond acceptors (Lipinski definition) is 3. The van der Waals surface area contributed by atoms with Crippen molar-refractivity contribution in [3.05, 3.63) is 65.7 Å². The average Bonchev–Trinajstić information content (AvgIpc) is 2.61. The predicted octanol–water partition coefficient (Wildman–Crippen LogP) is 2.88. The van der Waals surface area contributed by atoms with Gasteiger partial charge < -0.3 is 15.4 Å². The van der Waals surface area contributed by atoms with Crippen LogP contribution in [-0.2, 0) is 6.54 Å². The van der Waals surface area contributed by atoms with E-state index in [0.29, 0.717) is 12.1 Å². The van der Waals surface area contributed by atoms with Gasteiger partial charge in [0, 0.05) is 24.2 Å². The summed E-state index contributed by atoms with van der Waals surface area (Å²) in [4.78, 5) is 0. The van der Waals surface area contributed by atoms with E-state index in [4.69, 9.17) is 4.74 Å². The zero-order valence-corrected chi connectivity index (χ0v) is 12.9. The third kappa shape index (κ3) is 3.41. The molecule has 3 nitrogen and oxygen atoms in total. The van der Waals surface area contributed by atoms with Crippen LogP contribution in [0.15, 0.2) is 42.5 Å². The molecule has 1 fully saturated rings. The maximum Gasteiger partial charge on any atom is 0.174 e. The monoisotopic (exact) mass is 294 g/mol. The van der Waals surface area contributed by atoms with Gasteiger partial charge in [-0.3, -0.25) is 0 Å². The number of benzene rings is 1. The number of rotatable bonds is 5. The van der Waals surface area contributed by atoms with E-state index in [-0.39, 0.29) is 0 Å². The normalized spacial score (nSPS) is 21.1. The Hall–Kier alpha value is -2.02. The van der Waals surface area contributed by atoms with Gasteiger partial charge in [0.25, 0.3) is 0 Å². The van der Waals surface area contributed by atoms with Crippen molar-refractivity contribution >= 4 is 0 Å². The summed E-state index contributed by atoms with van der Waals surface area (Å²) < 4.78 is 5.35. The van der Waals surface area contributed by atoms with Crippen LogP contribution in [0.1, 0.15) is 30.0 Å². The molecule has 1 saturated heterocycles. The number of methoxy groups -OCH3 is 1. The second-order valence-corrected chi connectivity index (χ2v) is 5.63. The summed E-state index contributed by atoms with van der Waals surface area (Å²) in [6.45, 7) is 1.86. The molecule has 2 aromatic rings. The van der Waals surface area contributed by atoms with Gasteiger partial charge >= 0.3 is 0 Å². The van der Waals surface area contributed by atoms with E-state index in [1.165, 1.54) is 18.4 Å². The summed E-state index contributed by atoms with van der Waals surface area (Å²) in [5.41, 5.74) is 2.47. The summed E-state index contributed by atoms with van der Waals surface area (Å²) in [6.07, 6.45) is 2.38. The minimum absolute atomic E-state index is 0.361. The van der Waals surface area contributed by atoms with Gasteiger partial charge in [-0.25, -0.2) is 0 Å². The molecule has 2 atom stereocenters. The lowest BCUT2D eigenvalue weighted by Crippen LogP contribution is -2.45. The topological polar surface area (TPSA) is 33.3 Å². The number of nitrogens with one attached hydrogen (secondary N) is 2. The highest BCUT2D eigenvalue weighted by molar-refractivity contribution is 5.29. The molecule has 0 radical (unpaired) electrons. The Morgan fingerprint density at radius 3 is 2.95 bits per heavy atom. The molecule has 1 heterocycles. The van der Waals surface area contributed by atoms with E-state index < -0.39 is 0 Å². The lowest BCUT2D eigenvalue weighted by atomic mass is 9.92. The largest absolute Gasteiger partial charge is 0.488 e. The summed E-state index contributed by atoms with van der Waals surface area (Å²) in [6, 6.07) is 21.3. The Bertz CT molecular complexity index is 585. The minimum Gasteiger partial charge on any atom is -0.488 e. The highest BCUT2D eigenvalue weighted by Gasteiger charge is 2.25. The summed E-state index contributed by atoms with van der Waals surface area (Å²) >= 11 is 0. The number of ether oxygens (including phenoxy) is 1. The SMILES string of the molecule is COc1c#cccc1CN[C@H]1CCCN[C@H]1c1ccccc1. The Morgan fingerprint density at radius 1 is 1.27 bits per heavy atom. The molecule has 22 heavy (non-hydrogen) atoms. The van der Waals surface area contributed by atoms with Crippen LogP contribution in [-0.4, -0.2) is 19.7 Å². The molecular weight excluding hydrogens is 272 g/mol. The standard InChI is InChI=1S/C19H22N2O/c1-22-18-12-6-5-10-16(18)14-21-17-11-7-13-20-19(17)15-8-3-2-4-9-15/h2-5,8-10,17,19-21H,7,11,13-14H2,1H3/t17-,19-/m0/s1. The van der Waals surface area contributed by atoms with Crippen LogP contribution in [0.25, 0.3) is 0 Å². The first-order chi connectivity index (χ1) is 10.9. The Kier molecular flexibility index (Phi) is 4.95. The molecule has 0 amide bonds. The van der Waals surface area contributed by atoms with Crippen LogP contribution in [0, 0.1) is 12.1 Å². The third-order valence-electron chi connectivity index (χ3n) is 4.22. The van der Waals surface area contributed by atoms with Crippen molar-refractivity contribution in [3.63, 3.8) is 0 Å². The summed E-state index contributed by atoms with van der Waals surface area (Å²) in [5.74, 6) is 0.773. The molecule has 1 aliphatic rings. The molecule has 1 aliphatic heterocycles. The molecule has 0 aromatic heterocycles. The van der Waals surface area contributed by atoms with Crippen molar-refractivity contribution in [3.8, 4) is 5.75 Å². The Balaban J connectivity index is 1.69. The second kappa shape index (κ2) is 7.31. The first-order valence-electron chi connectivity index (χ1n) is 7.85. The highest BCUT2D eigenvalue weighted by atomic mass is 16.5. The Morgan fingerprint density at radius 2 is 2.14 bits per heavy atom. The van der Waals surface area contributed by atoms with E-state index in [1.807, 2.05) is 12.1 Å². The van der Waals surface area contributed by atoms with Crippen LogP contribution < -0.4 is 15.4 Å². The molecule has 0 saturated carbocycles. The zero-order chi connectivity index (χ0) is 15.2. The van der Waals surface area contributed by atoms with Crippen LogP contribution in [0.4, 0.5) is 0 Å². The molecular formula is C19H22N2O. The van der Waals surface area contributed by atoms with Gasteiger partial charge in [-0.1, -0.05) is 36.4 Å². The van der Waals surface area contributed by atoms with E-state index in [0.717, 1.165) is 24.4 Å². The van der Waals surface area contributed by atoms with E-state index in [2.05, 4.69) is 53.1 Å². The van der Waals surface area contributed by atoms with Gasteiger partial charge in [-0.2, -0.15) is 0 Å². The van der Waals surface area contributed by atoms with Crippen molar-refractivity contribution in [1.29, 1.82) is 0 Å². The Labute approximate surface area is 132 Å². The quantitative estimate of drug-likeness (QED) is 0.889. The fourth-order valence-corrected chi connectivity index (χ4v) is 3.09. The zero-order valence-electron chi connectivity index (χ0n) is 12.9. The summed E-state index contributed by atoms with van der Waals surface area (Å²) in [5, 5.41) is 7.33. The molecule has 0 unspecified atom stereocenters. The number of hydrogen-bond donors (Lipinski definition) is 2. The molecule has 3 rings (SSSR count).